The summed E-state index contributed by atoms with van der Waals surface area (Å²) in [7, 11) is 0. The number of H-pyrrole nitrogens is 1. The van der Waals surface area contributed by atoms with Gasteiger partial charge in [-0.1, -0.05) is 24.8 Å². The van der Waals surface area contributed by atoms with Crippen LogP contribution in [0, 0.1) is 0 Å². The normalized spacial score (nSPS) is 10.9. The van der Waals surface area contributed by atoms with Crippen molar-refractivity contribution >= 4 is 22.8 Å². The van der Waals surface area contributed by atoms with Crippen LogP contribution in [0.5, 0.6) is 5.75 Å². The summed E-state index contributed by atoms with van der Waals surface area (Å²) in [6.45, 7) is 3.49. The van der Waals surface area contributed by atoms with Crippen LogP contribution in [0.1, 0.15) is 15.9 Å². The fourth-order valence-electron chi connectivity index (χ4n) is 2.29. The van der Waals surface area contributed by atoms with E-state index in [1.807, 2.05) is 36.5 Å². The first kappa shape index (κ1) is 13.9. The van der Waals surface area contributed by atoms with Crippen LogP contribution in [-0.4, -0.2) is 10.8 Å². The lowest BCUT2D eigenvalue weighted by molar-refractivity contribution is 0.104. The number of allylic oxidation sites excluding steroid dienone is 1. The number of para-hydroxylation sites is 1. The Morgan fingerprint density at radius 2 is 1.86 bits per heavy atom. The summed E-state index contributed by atoms with van der Waals surface area (Å²) in [6, 6.07) is 15.0. The van der Waals surface area contributed by atoms with Crippen molar-refractivity contribution in [3.05, 3.63) is 84.8 Å². The van der Waals surface area contributed by atoms with E-state index in [9.17, 15) is 4.79 Å². The number of hydrogen-bond acceptors (Lipinski definition) is 2. The van der Waals surface area contributed by atoms with Gasteiger partial charge in [0.05, 0.1) is 6.26 Å². The molecule has 1 N–H and O–H groups in total. The van der Waals surface area contributed by atoms with Crippen molar-refractivity contribution in [3.63, 3.8) is 0 Å². The van der Waals surface area contributed by atoms with E-state index >= 15 is 0 Å². The van der Waals surface area contributed by atoms with Crippen molar-refractivity contribution in [1.82, 2.24) is 4.98 Å². The van der Waals surface area contributed by atoms with Crippen LogP contribution in [0.3, 0.4) is 0 Å². The van der Waals surface area contributed by atoms with Crippen LogP contribution in [0.15, 0.2) is 73.6 Å². The Bertz CT molecular complexity index is 841. The fraction of sp³-hybridized carbons (Fsp3) is 0. The minimum atomic E-state index is -0.0459. The second-order valence-corrected chi connectivity index (χ2v) is 4.80. The minimum absolute atomic E-state index is 0.0459. The molecule has 0 saturated carbocycles. The van der Waals surface area contributed by atoms with Gasteiger partial charge < -0.3 is 9.72 Å². The zero-order valence-corrected chi connectivity index (χ0v) is 12.0. The molecule has 0 aliphatic carbocycles. The molecule has 0 bridgehead atoms. The Kier molecular flexibility index (Phi) is 3.88. The molecule has 0 aliphatic rings. The molecule has 3 rings (SSSR count). The zero-order chi connectivity index (χ0) is 15.4. The van der Waals surface area contributed by atoms with Crippen molar-refractivity contribution in [1.29, 1.82) is 0 Å². The van der Waals surface area contributed by atoms with Crippen molar-refractivity contribution in [2.45, 2.75) is 0 Å². The molecule has 1 heterocycles. The average molecular weight is 289 g/mol. The van der Waals surface area contributed by atoms with E-state index < -0.39 is 0 Å². The summed E-state index contributed by atoms with van der Waals surface area (Å²) in [5.74, 6) is 0.614. The summed E-state index contributed by atoms with van der Waals surface area (Å²) < 4.78 is 5.14. The molecule has 0 fully saturated rings. The zero-order valence-electron chi connectivity index (χ0n) is 12.0. The number of aromatic amines is 1. The smallest absolute Gasteiger partial charge is 0.185 e. The summed E-state index contributed by atoms with van der Waals surface area (Å²) in [5.41, 5.74) is 2.67. The lowest BCUT2D eigenvalue weighted by Gasteiger charge is -2.00. The predicted octanol–water partition coefficient (Wildman–Crippen LogP) is 4.59. The number of aromatic nitrogens is 1. The monoisotopic (exact) mass is 289 g/mol. The van der Waals surface area contributed by atoms with Crippen LogP contribution in [-0.2, 0) is 0 Å². The molecule has 3 heteroatoms. The number of ketones is 1. The number of nitrogens with one attached hydrogen (secondary N) is 1. The first-order valence-electron chi connectivity index (χ1n) is 6.94. The van der Waals surface area contributed by atoms with Gasteiger partial charge in [-0.15, -0.1) is 0 Å². The van der Waals surface area contributed by atoms with Crippen molar-refractivity contribution in [3.8, 4) is 5.75 Å². The highest BCUT2D eigenvalue weighted by atomic mass is 16.5. The summed E-state index contributed by atoms with van der Waals surface area (Å²) in [5, 5.41) is 1.10. The van der Waals surface area contributed by atoms with Crippen LogP contribution in [0.4, 0.5) is 0 Å². The summed E-state index contributed by atoms with van der Waals surface area (Å²) >= 11 is 0. The van der Waals surface area contributed by atoms with Crippen LogP contribution in [0.25, 0.3) is 17.0 Å². The second-order valence-electron chi connectivity index (χ2n) is 4.80. The molecule has 3 nitrogen and oxygen atoms in total. The minimum Gasteiger partial charge on any atom is -0.466 e. The standard InChI is InChI=1S/C19H15NO2/c1-2-22-16-10-7-14(8-11-16)19(21)12-9-15-13-20-18-6-4-3-5-17(15)18/h2-13,20H,1H2/b12-9+. The van der Waals surface area contributed by atoms with Crippen molar-refractivity contribution < 1.29 is 9.53 Å². The second kappa shape index (κ2) is 6.14. The van der Waals surface area contributed by atoms with Gasteiger partial charge in [0.15, 0.2) is 5.78 Å². The first-order valence-corrected chi connectivity index (χ1v) is 6.94. The number of carbonyl (C=O) groups is 1. The van der Waals surface area contributed by atoms with Gasteiger partial charge in [0.2, 0.25) is 0 Å². The quantitative estimate of drug-likeness (QED) is 0.424. The molecule has 108 valence electrons. The van der Waals surface area contributed by atoms with E-state index in [0.717, 1.165) is 16.5 Å². The number of rotatable bonds is 5. The van der Waals surface area contributed by atoms with E-state index in [1.54, 1.807) is 30.3 Å². The third-order valence-corrected chi connectivity index (χ3v) is 3.39. The van der Waals surface area contributed by atoms with E-state index in [0.29, 0.717) is 11.3 Å². The van der Waals surface area contributed by atoms with Gasteiger partial charge in [-0.3, -0.25) is 4.79 Å². The van der Waals surface area contributed by atoms with Crippen molar-refractivity contribution in [2.24, 2.45) is 0 Å². The lowest BCUT2D eigenvalue weighted by atomic mass is 10.1. The number of hydrogen-bond donors (Lipinski definition) is 1. The maximum absolute atomic E-state index is 12.2. The maximum Gasteiger partial charge on any atom is 0.185 e. The molecule has 0 spiro atoms. The molecule has 0 saturated heterocycles. The van der Waals surface area contributed by atoms with Crippen LogP contribution in [0.2, 0.25) is 0 Å². The predicted molar refractivity (Wildman–Crippen MR) is 88.9 cm³/mol. The van der Waals surface area contributed by atoms with Gasteiger partial charge in [-0.2, -0.15) is 0 Å². The Hall–Kier alpha value is -3.07. The molecule has 0 atom stereocenters. The third-order valence-electron chi connectivity index (χ3n) is 3.39. The van der Waals surface area contributed by atoms with Crippen LogP contribution < -0.4 is 4.74 Å². The van der Waals surface area contributed by atoms with Gasteiger partial charge in [-0.25, -0.2) is 0 Å². The summed E-state index contributed by atoms with van der Waals surface area (Å²) in [6.07, 6.45) is 6.66. The van der Waals surface area contributed by atoms with Crippen LogP contribution >= 0.6 is 0 Å². The number of ether oxygens (including phenoxy) is 1. The van der Waals surface area contributed by atoms with Gasteiger partial charge in [0.1, 0.15) is 5.75 Å². The van der Waals surface area contributed by atoms with Gasteiger partial charge >= 0.3 is 0 Å². The van der Waals surface area contributed by atoms with Gasteiger partial charge in [-0.05, 0) is 48.0 Å². The van der Waals surface area contributed by atoms with Gasteiger partial charge in [0.25, 0.3) is 0 Å². The molecular weight excluding hydrogens is 274 g/mol. The van der Waals surface area contributed by atoms with E-state index in [2.05, 4.69) is 11.6 Å². The number of carbonyl (C=O) groups excluding carboxylic acids is 1. The molecule has 0 radical (unpaired) electrons. The Morgan fingerprint density at radius 1 is 1.09 bits per heavy atom. The topological polar surface area (TPSA) is 42.1 Å². The molecule has 0 aliphatic heterocycles. The highest BCUT2D eigenvalue weighted by Gasteiger charge is 2.03. The Labute approximate surface area is 128 Å². The molecule has 3 aromatic rings. The van der Waals surface area contributed by atoms with Gasteiger partial charge in [0, 0.05) is 22.7 Å². The SMILES string of the molecule is C=COc1ccc(C(=O)/C=C/c2c[nH]c3ccccc23)cc1. The Balaban J connectivity index is 1.79. The number of benzene rings is 2. The maximum atomic E-state index is 12.2. The highest BCUT2D eigenvalue weighted by molar-refractivity contribution is 6.07. The summed E-state index contributed by atoms with van der Waals surface area (Å²) in [4.78, 5) is 15.4. The highest BCUT2D eigenvalue weighted by Crippen LogP contribution is 2.19. The number of fused-ring (bicyclic) bond motifs is 1. The third kappa shape index (κ3) is 2.83. The van der Waals surface area contributed by atoms with E-state index in [1.165, 1.54) is 6.26 Å². The largest absolute Gasteiger partial charge is 0.466 e. The molecule has 1 aromatic heterocycles. The molecule has 2 aromatic carbocycles. The van der Waals surface area contributed by atoms with Crippen molar-refractivity contribution in [2.75, 3.05) is 0 Å². The molecule has 0 unspecified atom stereocenters. The Morgan fingerprint density at radius 3 is 2.64 bits per heavy atom. The fourth-order valence-corrected chi connectivity index (χ4v) is 2.29. The molecule has 0 amide bonds. The van der Waals surface area contributed by atoms with E-state index in [4.69, 9.17) is 4.74 Å². The first-order chi connectivity index (χ1) is 10.8. The lowest BCUT2D eigenvalue weighted by Crippen LogP contribution is -1.93. The molecular formula is C19H15NO2. The van der Waals surface area contributed by atoms with E-state index in [-0.39, 0.29) is 5.78 Å². The molecule has 22 heavy (non-hydrogen) atoms. The average Bonchev–Trinajstić information content (AvgIpc) is 2.97.